The van der Waals surface area contributed by atoms with Crippen LogP contribution in [-0.2, 0) is 6.54 Å². The smallest absolute Gasteiger partial charge is 0.322 e. The number of pyridine rings is 1. The molecule has 0 aliphatic carbocycles. The average Bonchev–Trinajstić information content (AvgIpc) is 3.33. The van der Waals surface area contributed by atoms with Crippen LogP contribution in [0.5, 0.6) is 0 Å². The van der Waals surface area contributed by atoms with E-state index < -0.39 is 0 Å². The van der Waals surface area contributed by atoms with Crippen molar-refractivity contribution in [2.45, 2.75) is 32.4 Å². The van der Waals surface area contributed by atoms with E-state index in [4.69, 9.17) is 0 Å². The molecule has 0 bridgehead atoms. The third-order valence-corrected chi connectivity index (χ3v) is 4.67. The second kappa shape index (κ2) is 7.56. The van der Waals surface area contributed by atoms with E-state index in [1.54, 1.807) is 17.1 Å². The van der Waals surface area contributed by atoms with Gasteiger partial charge in [0.15, 0.2) is 0 Å². The Labute approximate surface area is 157 Å². The predicted octanol–water partition coefficient (Wildman–Crippen LogP) is 2.10. The zero-order valence-electron chi connectivity index (χ0n) is 15.2. The molecule has 1 aliphatic heterocycles. The first-order chi connectivity index (χ1) is 13.2. The molecule has 1 fully saturated rings. The molecule has 1 unspecified atom stereocenters. The number of likely N-dealkylation sites (tertiary alicyclic amines) is 1. The van der Waals surface area contributed by atoms with Crippen molar-refractivity contribution in [1.82, 2.24) is 34.7 Å². The molecule has 0 radical (unpaired) electrons. The van der Waals surface area contributed by atoms with Crippen LogP contribution >= 0.6 is 0 Å². The van der Waals surface area contributed by atoms with E-state index in [0.717, 1.165) is 30.8 Å². The number of hydrogen-bond acceptors (Lipinski definition) is 5. The van der Waals surface area contributed by atoms with Crippen LogP contribution in [0.2, 0.25) is 0 Å². The number of carbonyl (C=O) groups is 1. The lowest BCUT2D eigenvalue weighted by Crippen LogP contribution is -2.43. The molecule has 2 amide bonds. The van der Waals surface area contributed by atoms with E-state index in [0.29, 0.717) is 18.9 Å². The van der Waals surface area contributed by atoms with Crippen LogP contribution in [-0.4, -0.2) is 53.8 Å². The van der Waals surface area contributed by atoms with E-state index in [1.807, 2.05) is 47.0 Å². The van der Waals surface area contributed by atoms with Crippen molar-refractivity contribution >= 4 is 11.8 Å². The molecule has 1 N–H and O–H groups in total. The van der Waals surface area contributed by atoms with Gasteiger partial charge in [-0.15, -0.1) is 5.10 Å². The maximum absolute atomic E-state index is 12.8. The summed E-state index contributed by atoms with van der Waals surface area (Å²) in [5.41, 5.74) is 1.74. The van der Waals surface area contributed by atoms with E-state index in [2.05, 4.69) is 25.7 Å². The van der Waals surface area contributed by atoms with Gasteiger partial charge in [-0.25, -0.2) is 14.2 Å². The Balaban J connectivity index is 1.45. The maximum atomic E-state index is 12.8. The van der Waals surface area contributed by atoms with E-state index in [1.165, 1.54) is 0 Å². The maximum Gasteiger partial charge on any atom is 0.323 e. The molecular weight excluding hydrogens is 344 g/mol. The van der Waals surface area contributed by atoms with Crippen molar-refractivity contribution in [1.29, 1.82) is 0 Å². The molecule has 9 heteroatoms. The number of hydrogen-bond donors (Lipinski definition) is 1. The summed E-state index contributed by atoms with van der Waals surface area (Å²) in [5, 5.41) is 15.4. The topological polar surface area (TPSA) is 93.8 Å². The van der Waals surface area contributed by atoms with Crippen LogP contribution in [0.25, 0.3) is 0 Å². The fourth-order valence-corrected chi connectivity index (χ4v) is 3.37. The first-order valence-corrected chi connectivity index (χ1v) is 9.05. The largest absolute Gasteiger partial charge is 0.323 e. The molecule has 9 nitrogen and oxygen atoms in total. The normalized spacial score (nSPS) is 17.1. The SMILES string of the molecule is Cc1cc(NC(=O)N2CCCC(n3ccnn3)C2)n(Cc2ccccn2)n1. The van der Waals surface area contributed by atoms with Gasteiger partial charge in [0.1, 0.15) is 5.82 Å². The summed E-state index contributed by atoms with van der Waals surface area (Å²) in [5.74, 6) is 0.672. The first kappa shape index (κ1) is 17.2. The van der Waals surface area contributed by atoms with E-state index in [9.17, 15) is 4.79 Å². The Morgan fingerprint density at radius 1 is 1.33 bits per heavy atom. The summed E-state index contributed by atoms with van der Waals surface area (Å²) in [4.78, 5) is 19.0. The lowest BCUT2D eigenvalue weighted by Gasteiger charge is -2.32. The highest BCUT2D eigenvalue weighted by Crippen LogP contribution is 2.21. The van der Waals surface area contributed by atoms with Gasteiger partial charge >= 0.3 is 6.03 Å². The number of carbonyl (C=O) groups excluding carboxylic acids is 1. The van der Waals surface area contributed by atoms with Crippen molar-refractivity contribution in [3.63, 3.8) is 0 Å². The monoisotopic (exact) mass is 366 g/mol. The molecule has 3 aromatic heterocycles. The van der Waals surface area contributed by atoms with Gasteiger partial charge in [0.2, 0.25) is 0 Å². The molecule has 0 saturated carbocycles. The number of urea groups is 1. The standard InChI is InChI=1S/C18H22N8O/c1-14-11-17(26(22-14)12-15-5-2-3-7-19-15)21-18(27)24-9-4-6-16(13-24)25-10-8-20-23-25/h2-3,5,7-8,10-11,16H,4,6,9,12-13H2,1H3,(H,21,27). The van der Waals surface area contributed by atoms with Crippen LogP contribution in [0.4, 0.5) is 10.6 Å². The molecule has 4 rings (SSSR count). The quantitative estimate of drug-likeness (QED) is 0.763. The zero-order chi connectivity index (χ0) is 18.6. The molecular formula is C18H22N8O. The van der Waals surface area contributed by atoms with Gasteiger partial charge in [-0.2, -0.15) is 5.10 Å². The number of piperidine rings is 1. The molecule has 1 atom stereocenters. The number of nitrogens with zero attached hydrogens (tertiary/aromatic N) is 7. The Kier molecular flexibility index (Phi) is 4.82. The summed E-state index contributed by atoms with van der Waals surface area (Å²) >= 11 is 0. The lowest BCUT2D eigenvalue weighted by atomic mass is 10.1. The summed E-state index contributed by atoms with van der Waals surface area (Å²) in [7, 11) is 0. The van der Waals surface area contributed by atoms with Crippen molar-refractivity contribution in [3.8, 4) is 0 Å². The Bertz CT molecular complexity index is 889. The van der Waals surface area contributed by atoms with E-state index in [-0.39, 0.29) is 12.1 Å². The highest BCUT2D eigenvalue weighted by Gasteiger charge is 2.26. The number of aryl methyl sites for hydroxylation is 1. The number of aromatic nitrogens is 6. The second-order valence-corrected chi connectivity index (χ2v) is 6.70. The Hall–Kier alpha value is -3.23. The first-order valence-electron chi connectivity index (χ1n) is 9.05. The van der Waals surface area contributed by atoms with Crippen LogP contribution in [0.15, 0.2) is 42.9 Å². The highest BCUT2D eigenvalue weighted by atomic mass is 16.2. The van der Waals surface area contributed by atoms with Gasteiger partial charge in [0, 0.05) is 31.5 Å². The summed E-state index contributed by atoms with van der Waals surface area (Å²) < 4.78 is 3.60. The predicted molar refractivity (Wildman–Crippen MR) is 99.2 cm³/mol. The van der Waals surface area contributed by atoms with Gasteiger partial charge in [-0.3, -0.25) is 10.3 Å². The third-order valence-electron chi connectivity index (χ3n) is 4.67. The van der Waals surface area contributed by atoms with Gasteiger partial charge < -0.3 is 4.90 Å². The minimum Gasteiger partial charge on any atom is -0.322 e. The van der Waals surface area contributed by atoms with Crippen molar-refractivity contribution in [2.24, 2.45) is 0 Å². The van der Waals surface area contributed by atoms with Crippen LogP contribution in [0, 0.1) is 6.92 Å². The lowest BCUT2D eigenvalue weighted by molar-refractivity contribution is 0.174. The summed E-state index contributed by atoms with van der Waals surface area (Å²) in [6.45, 7) is 3.75. The number of nitrogens with one attached hydrogen (secondary N) is 1. The molecule has 1 saturated heterocycles. The average molecular weight is 366 g/mol. The van der Waals surface area contributed by atoms with Gasteiger partial charge in [0.25, 0.3) is 0 Å². The van der Waals surface area contributed by atoms with Crippen molar-refractivity contribution in [2.75, 3.05) is 18.4 Å². The third kappa shape index (κ3) is 3.97. The molecule has 4 heterocycles. The molecule has 0 spiro atoms. The fraction of sp³-hybridized carbons (Fsp3) is 0.389. The number of anilines is 1. The van der Waals surface area contributed by atoms with Crippen LogP contribution in [0.3, 0.4) is 0 Å². The fourth-order valence-electron chi connectivity index (χ4n) is 3.37. The molecule has 27 heavy (non-hydrogen) atoms. The second-order valence-electron chi connectivity index (χ2n) is 6.70. The molecule has 0 aromatic carbocycles. The number of rotatable bonds is 4. The van der Waals surface area contributed by atoms with Gasteiger partial charge in [0.05, 0.1) is 30.2 Å². The van der Waals surface area contributed by atoms with Crippen LogP contribution < -0.4 is 5.32 Å². The number of amides is 2. The van der Waals surface area contributed by atoms with Crippen molar-refractivity contribution < 1.29 is 4.79 Å². The Morgan fingerprint density at radius 3 is 3.04 bits per heavy atom. The van der Waals surface area contributed by atoms with Crippen molar-refractivity contribution in [3.05, 3.63) is 54.2 Å². The van der Waals surface area contributed by atoms with Crippen LogP contribution in [0.1, 0.15) is 30.3 Å². The zero-order valence-corrected chi connectivity index (χ0v) is 15.2. The minimum absolute atomic E-state index is 0.123. The van der Waals surface area contributed by atoms with Gasteiger partial charge in [-0.05, 0) is 31.9 Å². The molecule has 140 valence electrons. The minimum atomic E-state index is -0.123. The highest BCUT2D eigenvalue weighted by molar-refractivity contribution is 5.88. The molecule has 3 aromatic rings. The summed E-state index contributed by atoms with van der Waals surface area (Å²) in [6, 6.07) is 7.67. The van der Waals surface area contributed by atoms with Gasteiger partial charge in [-0.1, -0.05) is 11.3 Å². The van der Waals surface area contributed by atoms with E-state index >= 15 is 0 Å². The molecule has 1 aliphatic rings. The summed E-state index contributed by atoms with van der Waals surface area (Å²) in [6.07, 6.45) is 7.19. The Morgan fingerprint density at radius 2 is 2.26 bits per heavy atom.